The van der Waals surface area contributed by atoms with Gasteiger partial charge in [0, 0.05) is 4.88 Å². The van der Waals surface area contributed by atoms with Crippen molar-refractivity contribution in [2.45, 2.75) is 25.5 Å². The second-order valence-corrected chi connectivity index (χ2v) is 4.34. The molecule has 0 saturated heterocycles. The zero-order chi connectivity index (χ0) is 12.1. The average molecular weight is 243 g/mol. The van der Waals surface area contributed by atoms with E-state index in [1.165, 1.54) is 11.3 Å². The van der Waals surface area contributed by atoms with Crippen molar-refractivity contribution in [1.82, 2.24) is 5.32 Å². The van der Waals surface area contributed by atoms with Gasteiger partial charge in [-0.05, 0) is 18.4 Å². The van der Waals surface area contributed by atoms with Crippen LogP contribution >= 0.6 is 11.3 Å². The summed E-state index contributed by atoms with van der Waals surface area (Å²) in [5.74, 6) is -1.87. The van der Waals surface area contributed by atoms with Gasteiger partial charge in [-0.1, -0.05) is 6.07 Å². The van der Waals surface area contributed by atoms with Gasteiger partial charge in [0.25, 0.3) is 0 Å². The number of aliphatic carboxylic acids is 1. The third kappa shape index (κ3) is 3.63. The van der Waals surface area contributed by atoms with Gasteiger partial charge in [-0.25, -0.2) is 0 Å². The molecule has 0 unspecified atom stereocenters. The third-order valence-electron chi connectivity index (χ3n) is 2.00. The van der Waals surface area contributed by atoms with Crippen LogP contribution < -0.4 is 5.32 Å². The van der Waals surface area contributed by atoms with Crippen LogP contribution in [0.1, 0.15) is 24.3 Å². The van der Waals surface area contributed by atoms with Gasteiger partial charge in [0.05, 0.1) is 12.5 Å². The molecular weight excluding hydrogens is 230 g/mol. The molecule has 88 valence electrons. The van der Waals surface area contributed by atoms with Gasteiger partial charge in [0.15, 0.2) is 0 Å². The largest absolute Gasteiger partial charge is 0.481 e. The summed E-state index contributed by atoms with van der Waals surface area (Å²) in [7, 11) is 0. The van der Waals surface area contributed by atoms with Gasteiger partial charge in [-0.2, -0.15) is 0 Å². The molecule has 1 rings (SSSR count). The lowest BCUT2D eigenvalue weighted by atomic mass is 10.2. The Balaban J connectivity index is 2.48. The van der Waals surface area contributed by atoms with Crippen molar-refractivity contribution in [3.63, 3.8) is 0 Å². The molecule has 0 aliphatic rings. The number of aliphatic hydroxyl groups excluding tert-OH is 1. The van der Waals surface area contributed by atoms with E-state index in [9.17, 15) is 14.7 Å². The van der Waals surface area contributed by atoms with Crippen molar-refractivity contribution in [2.24, 2.45) is 0 Å². The zero-order valence-electron chi connectivity index (χ0n) is 8.71. The maximum Gasteiger partial charge on any atom is 0.306 e. The highest BCUT2D eigenvalue weighted by Gasteiger charge is 2.20. The van der Waals surface area contributed by atoms with Crippen LogP contribution in [0, 0.1) is 0 Å². The molecule has 6 heteroatoms. The molecule has 16 heavy (non-hydrogen) atoms. The Morgan fingerprint density at radius 2 is 2.25 bits per heavy atom. The van der Waals surface area contributed by atoms with Crippen LogP contribution in [-0.4, -0.2) is 28.2 Å². The van der Waals surface area contributed by atoms with E-state index < -0.39 is 24.4 Å². The molecule has 0 spiro atoms. The highest BCUT2D eigenvalue weighted by molar-refractivity contribution is 7.10. The fraction of sp³-hybridized carbons (Fsp3) is 0.400. The van der Waals surface area contributed by atoms with Crippen LogP contribution in [0.5, 0.6) is 0 Å². The number of carbonyl (C=O) groups excluding carboxylic acids is 1. The first-order chi connectivity index (χ1) is 7.50. The van der Waals surface area contributed by atoms with E-state index in [4.69, 9.17) is 5.11 Å². The number of amides is 1. The van der Waals surface area contributed by atoms with Gasteiger partial charge in [0.1, 0.15) is 6.10 Å². The Labute approximate surface area is 96.7 Å². The lowest BCUT2D eigenvalue weighted by Crippen LogP contribution is -2.37. The normalized spacial score (nSPS) is 14.1. The summed E-state index contributed by atoms with van der Waals surface area (Å²) in [6, 6.07) is 3.49. The van der Waals surface area contributed by atoms with Gasteiger partial charge in [-0.15, -0.1) is 11.3 Å². The van der Waals surface area contributed by atoms with Crippen molar-refractivity contribution >= 4 is 23.2 Å². The van der Waals surface area contributed by atoms with E-state index in [1.807, 2.05) is 17.5 Å². The van der Waals surface area contributed by atoms with E-state index in [2.05, 4.69) is 5.32 Å². The topological polar surface area (TPSA) is 86.6 Å². The number of nitrogens with one attached hydrogen (secondary N) is 1. The fourth-order valence-corrected chi connectivity index (χ4v) is 1.91. The molecule has 0 bridgehead atoms. The van der Waals surface area contributed by atoms with E-state index in [0.29, 0.717) is 0 Å². The first kappa shape index (κ1) is 12.7. The Hall–Kier alpha value is -1.40. The van der Waals surface area contributed by atoms with Gasteiger partial charge < -0.3 is 15.5 Å². The molecule has 1 amide bonds. The number of carbonyl (C=O) groups is 2. The zero-order valence-corrected chi connectivity index (χ0v) is 9.53. The monoisotopic (exact) mass is 243 g/mol. The van der Waals surface area contributed by atoms with Gasteiger partial charge in [0.2, 0.25) is 5.91 Å². The Kier molecular flexibility index (Phi) is 4.45. The maximum absolute atomic E-state index is 11.4. The maximum atomic E-state index is 11.4. The lowest BCUT2D eigenvalue weighted by molar-refractivity contribution is -0.144. The summed E-state index contributed by atoms with van der Waals surface area (Å²) in [4.78, 5) is 22.6. The highest BCUT2D eigenvalue weighted by atomic mass is 32.1. The van der Waals surface area contributed by atoms with Gasteiger partial charge >= 0.3 is 5.97 Å². The lowest BCUT2D eigenvalue weighted by Gasteiger charge is -2.14. The minimum atomic E-state index is -1.50. The molecular formula is C10H13NO4S. The van der Waals surface area contributed by atoms with Crippen LogP contribution in [0.3, 0.4) is 0 Å². The number of carboxylic acids is 1. The van der Waals surface area contributed by atoms with Crippen molar-refractivity contribution in [3.8, 4) is 0 Å². The number of aliphatic hydroxyl groups is 1. The summed E-state index contributed by atoms with van der Waals surface area (Å²) in [5.41, 5.74) is 0. The standard InChI is InChI=1S/C10H13NO4S/c1-6(8-3-2-4-16-8)11-10(15)7(12)5-9(13)14/h2-4,6-7,12H,5H2,1H3,(H,11,15)(H,13,14)/t6-,7+/m0/s1. The fourth-order valence-electron chi connectivity index (χ4n) is 1.18. The van der Waals surface area contributed by atoms with Crippen molar-refractivity contribution in [1.29, 1.82) is 0 Å². The predicted octanol–water partition coefficient (Wildman–Crippen LogP) is 0.761. The molecule has 1 aromatic rings. The first-order valence-corrected chi connectivity index (χ1v) is 5.62. The summed E-state index contributed by atoms with van der Waals surface area (Å²) in [5, 5.41) is 22.1. The van der Waals surface area contributed by atoms with Crippen molar-refractivity contribution in [2.75, 3.05) is 0 Å². The molecule has 0 fully saturated rings. The van der Waals surface area contributed by atoms with E-state index >= 15 is 0 Å². The highest BCUT2D eigenvalue weighted by Crippen LogP contribution is 2.18. The Morgan fingerprint density at radius 1 is 1.56 bits per heavy atom. The predicted molar refractivity (Wildman–Crippen MR) is 59.1 cm³/mol. The average Bonchev–Trinajstić information content (AvgIpc) is 2.68. The minimum absolute atomic E-state index is 0.226. The molecule has 1 heterocycles. The second-order valence-electron chi connectivity index (χ2n) is 3.36. The molecule has 2 atom stereocenters. The summed E-state index contributed by atoms with van der Waals surface area (Å²) in [6.07, 6.45) is -2.08. The number of hydrogen-bond donors (Lipinski definition) is 3. The van der Waals surface area contributed by atoms with Gasteiger partial charge in [-0.3, -0.25) is 9.59 Å². The molecule has 0 radical (unpaired) electrons. The molecule has 1 aromatic heterocycles. The van der Waals surface area contributed by atoms with E-state index in [1.54, 1.807) is 6.92 Å². The molecule has 0 saturated carbocycles. The number of carboxylic acid groups (broad SMARTS) is 1. The smallest absolute Gasteiger partial charge is 0.306 e. The quantitative estimate of drug-likeness (QED) is 0.712. The van der Waals surface area contributed by atoms with Crippen LogP contribution in [0.15, 0.2) is 17.5 Å². The number of rotatable bonds is 5. The first-order valence-electron chi connectivity index (χ1n) is 4.74. The summed E-state index contributed by atoms with van der Waals surface area (Å²) in [6.45, 7) is 1.78. The van der Waals surface area contributed by atoms with Crippen LogP contribution in [-0.2, 0) is 9.59 Å². The molecule has 0 aliphatic heterocycles. The molecule has 5 nitrogen and oxygen atoms in total. The van der Waals surface area contributed by atoms with Crippen LogP contribution in [0.2, 0.25) is 0 Å². The van der Waals surface area contributed by atoms with Crippen LogP contribution in [0.25, 0.3) is 0 Å². The van der Waals surface area contributed by atoms with Crippen molar-refractivity contribution in [3.05, 3.63) is 22.4 Å². The number of hydrogen-bond acceptors (Lipinski definition) is 4. The van der Waals surface area contributed by atoms with E-state index in [0.717, 1.165) is 4.88 Å². The Bertz CT molecular complexity index is 363. The summed E-state index contributed by atoms with van der Waals surface area (Å²) < 4.78 is 0. The second kappa shape index (κ2) is 5.62. The molecule has 3 N–H and O–H groups in total. The summed E-state index contributed by atoms with van der Waals surface area (Å²) >= 11 is 1.49. The Morgan fingerprint density at radius 3 is 2.75 bits per heavy atom. The molecule has 0 aromatic carbocycles. The van der Waals surface area contributed by atoms with Crippen LogP contribution in [0.4, 0.5) is 0 Å². The SMILES string of the molecule is C[C@H](NC(=O)[C@H](O)CC(=O)O)c1cccs1. The van der Waals surface area contributed by atoms with Crippen molar-refractivity contribution < 1.29 is 19.8 Å². The number of thiophene rings is 1. The van der Waals surface area contributed by atoms with E-state index in [-0.39, 0.29) is 6.04 Å². The molecule has 0 aliphatic carbocycles. The third-order valence-corrected chi connectivity index (χ3v) is 3.05. The minimum Gasteiger partial charge on any atom is -0.481 e.